The fraction of sp³-hybridized carbons (Fsp3) is 0.125. The second kappa shape index (κ2) is 3.53. The minimum absolute atomic E-state index is 0.208. The second-order valence-corrected chi connectivity index (χ2v) is 3.12. The molecule has 0 radical (unpaired) electrons. The second-order valence-electron chi connectivity index (χ2n) is 2.13. The van der Waals surface area contributed by atoms with E-state index in [1.54, 1.807) is 24.3 Å². The molecule has 0 aliphatic rings. The summed E-state index contributed by atoms with van der Waals surface area (Å²) >= 11 is 3.16. The van der Waals surface area contributed by atoms with Gasteiger partial charge >= 0.3 is 0 Å². The number of carbonyl (C=O) groups is 1. The smallest absolute Gasteiger partial charge is 0.138 e. The van der Waals surface area contributed by atoms with Gasteiger partial charge in [0.1, 0.15) is 12.0 Å². The fourth-order valence-electron chi connectivity index (χ4n) is 0.737. The Balaban J connectivity index is 2.89. The molecule has 0 fully saturated rings. The number of phenols is 1. The van der Waals surface area contributed by atoms with Crippen molar-refractivity contribution in [2.24, 2.45) is 0 Å². The highest BCUT2D eigenvalue weighted by molar-refractivity contribution is 9.09. The van der Waals surface area contributed by atoms with Gasteiger partial charge < -0.3 is 9.90 Å². The molecule has 0 saturated carbocycles. The Hall–Kier alpha value is -0.830. The van der Waals surface area contributed by atoms with Crippen LogP contribution in [-0.2, 0) is 4.79 Å². The summed E-state index contributed by atoms with van der Waals surface area (Å²) < 4.78 is 0. The lowest BCUT2D eigenvalue weighted by molar-refractivity contribution is -0.107. The summed E-state index contributed by atoms with van der Waals surface area (Å²) in [6.07, 6.45) is 0.798. The standard InChI is InChI=1S/C8H7BrO2/c9-8(5-10)6-1-3-7(11)4-2-6/h1-5,8,11H/t8-/m1/s1. The Kier molecular flexibility index (Phi) is 2.65. The highest BCUT2D eigenvalue weighted by Gasteiger charge is 2.03. The molecule has 0 unspecified atom stereocenters. The normalized spacial score (nSPS) is 12.5. The third-order valence-corrected chi connectivity index (χ3v) is 2.08. The number of phenolic OH excluding ortho intramolecular Hbond substituents is 1. The Morgan fingerprint density at radius 2 is 1.91 bits per heavy atom. The van der Waals surface area contributed by atoms with Crippen molar-refractivity contribution in [2.75, 3.05) is 0 Å². The molecule has 58 valence electrons. The van der Waals surface area contributed by atoms with Crippen molar-refractivity contribution >= 4 is 22.2 Å². The number of alkyl halides is 1. The van der Waals surface area contributed by atoms with E-state index >= 15 is 0 Å². The molecule has 1 N–H and O–H groups in total. The summed E-state index contributed by atoms with van der Waals surface area (Å²) in [6, 6.07) is 6.49. The SMILES string of the molecule is O=C[C@@H](Br)c1ccc(O)cc1. The van der Waals surface area contributed by atoms with E-state index in [9.17, 15) is 4.79 Å². The third-order valence-electron chi connectivity index (χ3n) is 1.33. The van der Waals surface area contributed by atoms with Gasteiger partial charge in [0.15, 0.2) is 0 Å². The molecule has 0 bridgehead atoms. The largest absolute Gasteiger partial charge is 0.508 e. The molecule has 0 amide bonds. The number of hydrogen-bond donors (Lipinski definition) is 1. The molecule has 3 heteroatoms. The van der Waals surface area contributed by atoms with Crippen LogP contribution in [0.2, 0.25) is 0 Å². The number of aromatic hydroxyl groups is 1. The number of halogens is 1. The molecular weight excluding hydrogens is 208 g/mol. The first-order valence-corrected chi connectivity index (χ1v) is 4.04. The summed E-state index contributed by atoms with van der Waals surface area (Å²) in [5, 5.41) is 8.91. The zero-order chi connectivity index (χ0) is 8.27. The van der Waals surface area contributed by atoms with Crippen LogP contribution in [0.25, 0.3) is 0 Å². The summed E-state index contributed by atoms with van der Waals surface area (Å²) in [7, 11) is 0. The van der Waals surface area contributed by atoms with Crippen LogP contribution >= 0.6 is 15.9 Å². The van der Waals surface area contributed by atoms with E-state index in [-0.39, 0.29) is 10.6 Å². The fourth-order valence-corrected chi connectivity index (χ4v) is 1.04. The van der Waals surface area contributed by atoms with Gasteiger partial charge in [-0.2, -0.15) is 0 Å². The predicted octanol–water partition coefficient (Wildman–Crippen LogP) is 2.03. The van der Waals surface area contributed by atoms with E-state index in [4.69, 9.17) is 5.11 Å². The van der Waals surface area contributed by atoms with Crippen molar-refractivity contribution in [3.8, 4) is 5.75 Å². The maximum absolute atomic E-state index is 10.3. The van der Waals surface area contributed by atoms with Crippen LogP contribution in [0.3, 0.4) is 0 Å². The minimum Gasteiger partial charge on any atom is -0.508 e. The molecule has 1 atom stereocenters. The van der Waals surface area contributed by atoms with Gasteiger partial charge in [-0.3, -0.25) is 0 Å². The lowest BCUT2D eigenvalue weighted by atomic mass is 10.2. The molecule has 11 heavy (non-hydrogen) atoms. The zero-order valence-corrected chi connectivity index (χ0v) is 7.28. The number of benzene rings is 1. The van der Waals surface area contributed by atoms with Crippen LogP contribution in [0.15, 0.2) is 24.3 Å². The molecule has 1 rings (SSSR count). The van der Waals surface area contributed by atoms with Crippen molar-refractivity contribution < 1.29 is 9.90 Å². The molecule has 0 spiro atoms. The van der Waals surface area contributed by atoms with Gasteiger partial charge in [0.2, 0.25) is 0 Å². The molecule has 0 aliphatic carbocycles. The quantitative estimate of drug-likeness (QED) is 0.605. The molecule has 0 heterocycles. The van der Waals surface area contributed by atoms with Gasteiger partial charge in [-0.05, 0) is 17.7 Å². The van der Waals surface area contributed by atoms with Crippen molar-refractivity contribution in [3.05, 3.63) is 29.8 Å². The summed E-state index contributed by atoms with van der Waals surface area (Å²) in [6.45, 7) is 0. The average Bonchev–Trinajstić information content (AvgIpc) is 2.05. The molecule has 0 aromatic heterocycles. The maximum atomic E-state index is 10.3. The Morgan fingerprint density at radius 1 is 1.36 bits per heavy atom. The number of hydrogen-bond acceptors (Lipinski definition) is 2. The third kappa shape index (κ3) is 2.05. The van der Waals surface area contributed by atoms with Gasteiger partial charge in [-0.1, -0.05) is 28.1 Å². The Bertz CT molecular complexity index is 243. The highest BCUT2D eigenvalue weighted by atomic mass is 79.9. The van der Waals surface area contributed by atoms with Crippen molar-refractivity contribution in [3.63, 3.8) is 0 Å². The Morgan fingerprint density at radius 3 is 2.36 bits per heavy atom. The highest BCUT2D eigenvalue weighted by Crippen LogP contribution is 2.21. The molecule has 0 aliphatic heterocycles. The van der Waals surface area contributed by atoms with Crippen molar-refractivity contribution in [1.29, 1.82) is 0 Å². The first-order valence-electron chi connectivity index (χ1n) is 3.12. The van der Waals surface area contributed by atoms with Gasteiger partial charge in [0.05, 0.1) is 4.83 Å². The average molecular weight is 215 g/mol. The van der Waals surface area contributed by atoms with Gasteiger partial charge in [-0.25, -0.2) is 0 Å². The first kappa shape index (κ1) is 8.27. The lowest BCUT2D eigenvalue weighted by Gasteiger charge is -2.00. The predicted molar refractivity (Wildman–Crippen MR) is 45.8 cm³/mol. The van der Waals surface area contributed by atoms with E-state index in [1.165, 1.54) is 0 Å². The minimum atomic E-state index is -0.275. The van der Waals surface area contributed by atoms with Gasteiger partial charge in [0.25, 0.3) is 0 Å². The van der Waals surface area contributed by atoms with Gasteiger partial charge in [-0.15, -0.1) is 0 Å². The topological polar surface area (TPSA) is 37.3 Å². The molecule has 1 aromatic rings. The van der Waals surface area contributed by atoms with Crippen LogP contribution in [0, 0.1) is 0 Å². The summed E-state index contributed by atoms with van der Waals surface area (Å²) in [4.78, 5) is 10.0. The van der Waals surface area contributed by atoms with Crippen molar-refractivity contribution in [2.45, 2.75) is 4.83 Å². The van der Waals surface area contributed by atoms with E-state index < -0.39 is 0 Å². The van der Waals surface area contributed by atoms with Crippen LogP contribution in [0.4, 0.5) is 0 Å². The van der Waals surface area contributed by atoms with E-state index in [2.05, 4.69) is 15.9 Å². The number of rotatable bonds is 2. The molecule has 0 saturated heterocycles. The molecule has 2 nitrogen and oxygen atoms in total. The first-order chi connectivity index (χ1) is 5.24. The van der Waals surface area contributed by atoms with E-state index in [0.717, 1.165) is 11.8 Å². The molecule has 1 aromatic carbocycles. The lowest BCUT2D eigenvalue weighted by Crippen LogP contribution is -1.88. The van der Waals surface area contributed by atoms with E-state index in [1.807, 2.05) is 0 Å². The van der Waals surface area contributed by atoms with Crippen molar-refractivity contribution in [1.82, 2.24) is 0 Å². The molecular formula is C8H7BrO2. The summed E-state index contributed by atoms with van der Waals surface area (Å²) in [5.41, 5.74) is 0.845. The van der Waals surface area contributed by atoms with Gasteiger partial charge in [0, 0.05) is 0 Å². The van der Waals surface area contributed by atoms with Crippen LogP contribution in [0.1, 0.15) is 10.4 Å². The monoisotopic (exact) mass is 214 g/mol. The zero-order valence-electron chi connectivity index (χ0n) is 5.70. The van der Waals surface area contributed by atoms with E-state index in [0.29, 0.717) is 0 Å². The number of carbonyl (C=O) groups excluding carboxylic acids is 1. The van der Waals surface area contributed by atoms with Crippen LogP contribution in [0.5, 0.6) is 5.75 Å². The maximum Gasteiger partial charge on any atom is 0.138 e. The Labute approximate surface area is 73.0 Å². The van der Waals surface area contributed by atoms with Crippen LogP contribution in [-0.4, -0.2) is 11.4 Å². The van der Waals surface area contributed by atoms with Crippen LogP contribution < -0.4 is 0 Å². The number of aldehydes is 1. The summed E-state index contributed by atoms with van der Waals surface area (Å²) in [5.74, 6) is 0.208.